The van der Waals surface area contributed by atoms with Crippen LogP contribution < -0.4 is 5.73 Å². The van der Waals surface area contributed by atoms with E-state index < -0.39 is 15.9 Å². The van der Waals surface area contributed by atoms with Gasteiger partial charge in [0, 0.05) is 35.1 Å². The molecule has 0 aromatic carbocycles. The molecule has 0 fully saturated rings. The quantitative estimate of drug-likeness (QED) is 0.889. The molecule has 1 unspecified atom stereocenters. The summed E-state index contributed by atoms with van der Waals surface area (Å²) in [7, 11) is -3.01. The van der Waals surface area contributed by atoms with E-state index in [0.29, 0.717) is 6.42 Å². The molecule has 84 valence electrons. The molecular weight excluding hydrogens is 280 g/mol. The van der Waals surface area contributed by atoms with Crippen molar-refractivity contribution in [2.75, 3.05) is 12.0 Å². The zero-order valence-corrected chi connectivity index (χ0v) is 10.8. The minimum Gasteiger partial charge on any atom is -0.326 e. The molecule has 2 N–H and O–H groups in total. The van der Waals surface area contributed by atoms with Crippen molar-refractivity contribution in [3.63, 3.8) is 0 Å². The van der Waals surface area contributed by atoms with Gasteiger partial charge in [0.25, 0.3) is 0 Å². The van der Waals surface area contributed by atoms with Gasteiger partial charge in [0.1, 0.15) is 9.84 Å². The molecule has 1 rings (SSSR count). The highest BCUT2D eigenvalue weighted by molar-refractivity contribution is 9.10. The molecule has 0 saturated heterocycles. The van der Waals surface area contributed by atoms with Gasteiger partial charge in [-0.15, -0.1) is 0 Å². The van der Waals surface area contributed by atoms with Crippen LogP contribution in [0.15, 0.2) is 22.8 Å². The summed E-state index contributed by atoms with van der Waals surface area (Å²) in [6, 6.07) is 3.29. The van der Waals surface area contributed by atoms with Gasteiger partial charge in [-0.2, -0.15) is 0 Å². The predicted octanol–water partition coefficient (Wildman–Crippen LogP) is 0.759. The van der Waals surface area contributed by atoms with Crippen molar-refractivity contribution in [1.29, 1.82) is 0 Å². The lowest BCUT2D eigenvalue weighted by atomic mass is 10.2. The van der Waals surface area contributed by atoms with Gasteiger partial charge < -0.3 is 5.73 Å². The molecule has 0 radical (unpaired) electrons. The number of aromatic nitrogens is 1. The summed E-state index contributed by atoms with van der Waals surface area (Å²) in [6.07, 6.45) is 3.32. The first kappa shape index (κ1) is 12.6. The van der Waals surface area contributed by atoms with Crippen LogP contribution in [0.25, 0.3) is 0 Å². The summed E-state index contributed by atoms with van der Waals surface area (Å²) in [5.74, 6) is -0.00918. The Labute approximate surface area is 97.9 Å². The smallest absolute Gasteiger partial charge is 0.148 e. The normalized spacial score (nSPS) is 13.8. The van der Waals surface area contributed by atoms with E-state index in [4.69, 9.17) is 5.73 Å². The molecule has 1 atom stereocenters. The third kappa shape index (κ3) is 5.25. The molecule has 0 amide bonds. The standard InChI is InChI=1S/C9H13BrN2O2S/c1-15(13,14)6-8(11)4-9-3-2-7(10)5-12-9/h2-3,5,8H,4,6,11H2,1H3. The van der Waals surface area contributed by atoms with Crippen molar-refractivity contribution in [3.05, 3.63) is 28.5 Å². The van der Waals surface area contributed by atoms with E-state index in [1.54, 1.807) is 6.20 Å². The van der Waals surface area contributed by atoms with E-state index in [1.807, 2.05) is 12.1 Å². The minimum absolute atomic E-state index is 0.00918. The molecule has 1 aromatic rings. The van der Waals surface area contributed by atoms with Crippen LogP contribution in [-0.4, -0.2) is 31.5 Å². The maximum absolute atomic E-state index is 11.0. The van der Waals surface area contributed by atoms with Gasteiger partial charge in [-0.25, -0.2) is 8.42 Å². The molecule has 4 nitrogen and oxygen atoms in total. The van der Waals surface area contributed by atoms with Crippen LogP contribution in [-0.2, 0) is 16.3 Å². The van der Waals surface area contributed by atoms with Gasteiger partial charge in [-0.05, 0) is 28.1 Å². The molecular formula is C9H13BrN2O2S. The summed E-state index contributed by atoms with van der Waals surface area (Å²) in [5.41, 5.74) is 6.50. The maximum Gasteiger partial charge on any atom is 0.148 e. The number of rotatable bonds is 4. The number of sulfone groups is 1. The maximum atomic E-state index is 11.0. The van der Waals surface area contributed by atoms with Crippen molar-refractivity contribution >= 4 is 25.8 Å². The third-order valence-electron chi connectivity index (χ3n) is 1.78. The number of halogens is 1. The Bertz CT molecular complexity index is 416. The first-order chi connectivity index (χ1) is 6.87. The van der Waals surface area contributed by atoms with Crippen LogP contribution in [0, 0.1) is 0 Å². The Hall–Kier alpha value is -0.460. The summed E-state index contributed by atoms with van der Waals surface area (Å²) < 4.78 is 22.8. The Balaban J connectivity index is 2.59. The highest BCUT2D eigenvalue weighted by atomic mass is 79.9. The van der Waals surface area contributed by atoms with Gasteiger partial charge in [-0.3, -0.25) is 4.98 Å². The average molecular weight is 293 g/mol. The van der Waals surface area contributed by atoms with Gasteiger partial charge in [0.15, 0.2) is 0 Å². The average Bonchev–Trinajstić information content (AvgIpc) is 2.05. The second-order valence-electron chi connectivity index (χ2n) is 3.52. The lowest BCUT2D eigenvalue weighted by Gasteiger charge is -2.09. The molecule has 0 aliphatic heterocycles. The highest BCUT2D eigenvalue weighted by Gasteiger charge is 2.11. The Morgan fingerprint density at radius 1 is 1.53 bits per heavy atom. The lowest BCUT2D eigenvalue weighted by Crippen LogP contribution is -2.31. The van der Waals surface area contributed by atoms with E-state index in [1.165, 1.54) is 6.26 Å². The number of nitrogens with zero attached hydrogens (tertiary/aromatic N) is 1. The van der Waals surface area contributed by atoms with E-state index in [-0.39, 0.29) is 5.75 Å². The van der Waals surface area contributed by atoms with Crippen LogP contribution in [0.5, 0.6) is 0 Å². The zero-order valence-electron chi connectivity index (χ0n) is 8.35. The van der Waals surface area contributed by atoms with Crippen molar-refractivity contribution in [2.45, 2.75) is 12.5 Å². The third-order valence-corrected chi connectivity index (χ3v) is 3.28. The van der Waals surface area contributed by atoms with Crippen molar-refractivity contribution in [2.24, 2.45) is 5.73 Å². The Morgan fingerprint density at radius 3 is 2.67 bits per heavy atom. The minimum atomic E-state index is -3.01. The summed E-state index contributed by atoms with van der Waals surface area (Å²) in [5, 5.41) is 0. The predicted molar refractivity (Wildman–Crippen MR) is 63.3 cm³/mol. The summed E-state index contributed by atoms with van der Waals surface area (Å²) in [4.78, 5) is 4.13. The van der Waals surface area contributed by atoms with Gasteiger partial charge in [0.2, 0.25) is 0 Å². The van der Waals surface area contributed by atoms with Crippen molar-refractivity contribution < 1.29 is 8.42 Å². The molecule has 1 heterocycles. The number of hydrogen-bond acceptors (Lipinski definition) is 4. The van der Waals surface area contributed by atoms with Crippen molar-refractivity contribution in [1.82, 2.24) is 4.98 Å². The molecule has 0 bridgehead atoms. The van der Waals surface area contributed by atoms with Crippen molar-refractivity contribution in [3.8, 4) is 0 Å². The monoisotopic (exact) mass is 292 g/mol. The lowest BCUT2D eigenvalue weighted by molar-refractivity contribution is 0.590. The van der Waals surface area contributed by atoms with Gasteiger partial charge in [0.05, 0.1) is 5.75 Å². The molecule has 0 spiro atoms. The fourth-order valence-corrected chi connectivity index (χ4v) is 2.37. The van der Waals surface area contributed by atoms with E-state index in [2.05, 4.69) is 20.9 Å². The fraction of sp³-hybridized carbons (Fsp3) is 0.444. The van der Waals surface area contributed by atoms with E-state index in [0.717, 1.165) is 10.2 Å². The van der Waals surface area contributed by atoms with Gasteiger partial charge in [-0.1, -0.05) is 0 Å². The van der Waals surface area contributed by atoms with E-state index >= 15 is 0 Å². The Morgan fingerprint density at radius 2 is 2.20 bits per heavy atom. The topological polar surface area (TPSA) is 73.0 Å². The summed E-state index contributed by atoms with van der Waals surface area (Å²) in [6.45, 7) is 0. The van der Waals surface area contributed by atoms with Crippen LogP contribution in [0.2, 0.25) is 0 Å². The SMILES string of the molecule is CS(=O)(=O)CC(N)Cc1ccc(Br)cn1. The Kier molecular flexibility index (Phi) is 4.24. The largest absolute Gasteiger partial charge is 0.326 e. The molecule has 0 saturated carbocycles. The number of pyridine rings is 1. The first-order valence-electron chi connectivity index (χ1n) is 4.40. The van der Waals surface area contributed by atoms with Crippen LogP contribution in [0.3, 0.4) is 0 Å². The van der Waals surface area contributed by atoms with E-state index in [9.17, 15) is 8.42 Å². The molecule has 6 heteroatoms. The summed E-state index contributed by atoms with van der Waals surface area (Å²) >= 11 is 3.27. The molecule has 0 aliphatic rings. The zero-order chi connectivity index (χ0) is 11.5. The van der Waals surface area contributed by atoms with Crippen LogP contribution >= 0.6 is 15.9 Å². The number of nitrogens with two attached hydrogens (primary N) is 1. The fourth-order valence-electron chi connectivity index (χ4n) is 1.24. The van der Waals surface area contributed by atoms with Gasteiger partial charge >= 0.3 is 0 Å². The molecule has 1 aromatic heterocycles. The molecule has 0 aliphatic carbocycles. The molecule has 15 heavy (non-hydrogen) atoms. The van der Waals surface area contributed by atoms with Crippen LogP contribution in [0.1, 0.15) is 5.69 Å². The number of hydrogen-bond donors (Lipinski definition) is 1. The second kappa shape index (κ2) is 5.05. The van der Waals surface area contributed by atoms with Crippen LogP contribution in [0.4, 0.5) is 0 Å². The highest BCUT2D eigenvalue weighted by Crippen LogP contribution is 2.08. The first-order valence-corrected chi connectivity index (χ1v) is 7.26. The second-order valence-corrected chi connectivity index (χ2v) is 6.62.